The van der Waals surface area contributed by atoms with Crippen LogP contribution in [-0.2, 0) is 4.74 Å². The van der Waals surface area contributed by atoms with Gasteiger partial charge in [0.05, 0.1) is 13.2 Å². The molecule has 2 heterocycles. The number of ether oxygens (including phenoxy) is 2. The number of furan rings is 1. The summed E-state index contributed by atoms with van der Waals surface area (Å²) in [6.45, 7) is 6.17. The molecule has 0 aromatic carbocycles. The topological polar surface area (TPSA) is 51.9 Å². The number of hydrogen-bond donors (Lipinski definition) is 0. The minimum atomic E-state index is -0.447. The summed E-state index contributed by atoms with van der Waals surface area (Å²) in [5.74, 6) is 0.237. The smallest absolute Gasteiger partial charge is 0.345 e. The van der Waals surface area contributed by atoms with Gasteiger partial charge in [-0.2, -0.15) is 0 Å². The highest BCUT2D eigenvalue weighted by molar-refractivity contribution is 7.80. The van der Waals surface area contributed by atoms with Gasteiger partial charge >= 0.3 is 5.97 Å². The first-order valence-electron chi connectivity index (χ1n) is 7.40. The van der Waals surface area contributed by atoms with Crippen molar-refractivity contribution in [2.75, 3.05) is 26.3 Å². The van der Waals surface area contributed by atoms with Crippen LogP contribution in [0.4, 0.5) is 0 Å². The zero-order valence-corrected chi connectivity index (χ0v) is 13.3. The van der Waals surface area contributed by atoms with Gasteiger partial charge in [-0.1, -0.05) is 12.2 Å². The van der Waals surface area contributed by atoms with Crippen molar-refractivity contribution in [3.8, 4) is 5.95 Å². The summed E-state index contributed by atoms with van der Waals surface area (Å²) in [6.07, 6.45) is 3.49. The van der Waals surface area contributed by atoms with E-state index in [4.69, 9.17) is 26.1 Å². The molecule has 0 N–H and O–H groups in total. The first-order chi connectivity index (χ1) is 10.2. The summed E-state index contributed by atoms with van der Waals surface area (Å²) in [5.41, 5.74) is 0.299. The van der Waals surface area contributed by atoms with Gasteiger partial charge < -0.3 is 18.8 Å². The molecule has 21 heavy (non-hydrogen) atoms. The molecule has 0 unspecified atom stereocenters. The number of nitrogens with zero attached hydrogens (tertiary/aromatic N) is 1. The average Bonchev–Trinajstić information content (AvgIpc) is 2.92. The van der Waals surface area contributed by atoms with E-state index in [2.05, 4.69) is 4.90 Å². The number of carbonyl (C=O) groups excluding carboxylic acids is 1. The van der Waals surface area contributed by atoms with E-state index in [1.54, 1.807) is 13.0 Å². The number of esters is 1. The van der Waals surface area contributed by atoms with Gasteiger partial charge in [-0.25, -0.2) is 4.79 Å². The summed E-state index contributed by atoms with van der Waals surface area (Å²) in [7, 11) is 0. The molecule has 1 aliphatic heterocycles. The summed E-state index contributed by atoms with van der Waals surface area (Å²) < 4.78 is 16.0. The second-order valence-corrected chi connectivity index (χ2v) is 5.20. The molecule has 1 aromatic rings. The van der Waals surface area contributed by atoms with Crippen molar-refractivity contribution in [3.05, 3.63) is 17.4 Å². The zero-order chi connectivity index (χ0) is 15.2. The Balaban J connectivity index is 2.21. The second kappa shape index (κ2) is 7.45. The Morgan fingerprint density at radius 3 is 2.62 bits per heavy atom. The Labute approximate surface area is 130 Å². The third-order valence-corrected chi connectivity index (χ3v) is 3.78. The summed E-state index contributed by atoms with van der Waals surface area (Å²) in [4.78, 5) is 14.7. The summed E-state index contributed by atoms with van der Waals surface area (Å²) in [6, 6.07) is 1.62. The van der Waals surface area contributed by atoms with Crippen molar-refractivity contribution in [2.45, 2.75) is 33.1 Å². The van der Waals surface area contributed by atoms with E-state index in [0.29, 0.717) is 29.5 Å². The van der Waals surface area contributed by atoms with Gasteiger partial charge in [0.1, 0.15) is 10.6 Å². The van der Waals surface area contributed by atoms with Gasteiger partial charge in [0, 0.05) is 19.2 Å². The molecule has 1 aliphatic rings. The van der Waals surface area contributed by atoms with Crippen LogP contribution >= 0.6 is 12.2 Å². The molecule has 1 saturated heterocycles. The lowest BCUT2D eigenvalue weighted by atomic mass is 10.1. The van der Waals surface area contributed by atoms with E-state index in [1.807, 2.05) is 6.92 Å². The number of piperidine rings is 1. The van der Waals surface area contributed by atoms with Crippen LogP contribution in [0.2, 0.25) is 0 Å². The summed E-state index contributed by atoms with van der Waals surface area (Å²) in [5, 5.41) is 0. The molecular weight excluding hydrogens is 290 g/mol. The molecule has 0 spiro atoms. The van der Waals surface area contributed by atoms with E-state index >= 15 is 0 Å². The molecule has 2 rings (SSSR count). The minimum absolute atomic E-state index is 0.185. The number of carbonyl (C=O) groups is 1. The van der Waals surface area contributed by atoms with Gasteiger partial charge in [0.15, 0.2) is 5.76 Å². The number of thiocarbonyl (C=S) groups is 1. The molecule has 6 heteroatoms. The van der Waals surface area contributed by atoms with Crippen molar-refractivity contribution in [1.82, 2.24) is 4.90 Å². The standard InChI is InChI=1S/C15H21NO4S/c1-3-18-14(17)11-10-12(20-15(11)19-4-2)13(21)16-8-6-5-7-9-16/h10H,3-9H2,1-2H3. The highest BCUT2D eigenvalue weighted by Gasteiger charge is 2.25. The maximum Gasteiger partial charge on any atom is 0.345 e. The van der Waals surface area contributed by atoms with Crippen molar-refractivity contribution >= 4 is 23.2 Å². The molecule has 0 saturated carbocycles. The van der Waals surface area contributed by atoms with Crippen LogP contribution < -0.4 is 4.74 Å². The Morgan fingerprint density at radius 1 is 1.29 bits per heavy atom. The molecule has 0 radical (unpaired) electrons. The molecule has 0 aliphatic carbocycles. The number of likely N-dealkylation sites (tertiary alicyclic amines) is 1. The average molecular weight is 311 g/mol. The Morgan fingerprint density at radius 2 is 2.00 bits per heavy atom. The third-order valence-electron chi connectivity index (χ3n) is 3.32. The van der Waals surface area contributed by atoms with E-state index in [0.717, 1.165) is 25.9 Å². The SMILES string of the molecule is CCOC(=O)c1cc(C(=S)N2CCCCC2)oc1OCC. The zero-order valence-electron chi connectivity index (χ0n) is 12.5. The van der Waals surface area contributed by atoms with E-state index < -0.39 is 5.97 Å². The minimum Gasteiger partial charge on any atom is -0.465 e. The van der Waals surface area contributed by atoms with Crippen LogP contribution in [-0.4, -0.2) is 42.2 Å². The van der Waals surface area contributed by atoms with Crippen molar-refractivity contribution < 1.29 is 18.7 Å². The molecule has 1 aromatic heterocycles. The lowest BCUT2D eigenvalue weighted by Crippen LogP contribution is -2.34. The number of rotatable bonds is 5. The second-order valence-electron chi connectivity index (χ2n) is 4.82. The lowest BCUT2D eigenvalue weighted by molar-refractivity contribution is 0.0519. The number of hydrogen-bond acceptors (Lipinski definition) is 5. The monoisotopic (exact) mass is 311 g/mol. The Hall–Kier alpha value is -1.56. The Kier molecular flexibility index (Phi) is 5.61. The van der Waals surface area contributed by atoms with Crippen LogP contribution in [0.3, 0.4) is 0 Å². The van der Waals surface area contributed by atoms with Gasteiger partial charge in [-0.05, 0) is 33.1 Å². The van der Waals surface area contributed by atoms with Gasteiger partial charge in [0.2, 0.25) is 0 Å². The molecule has 1 fully saturated rings. The van der Waals surface area contributed by atoms with Gasteiger partial charge in [-0.15, -0.1) is 0 Å². The largest absolute Gasteiger partial charge is 0.465 e. The fraction of sp³-hybridized carbons (Fsp3) is 0.600. The van der Waals surface area contributed by atoms with Crippen LogP contribution in [0.25, 0.3) is 0 Å². The van der Waals surface area contributed by atoms with Crippen molar-refractivity contribution in [3.63, 3.8) is 0 Å². The fourth-order valence-electron chi connectivity index (χ4n) is 2.32. The van der Waals surface area contributed by atoms with E-state index in [9.17, 15) is 4.79 Å². The molecule has 0 bridgehead atoms. The summed E-state index contributed by atoms with van der Waals surface area (Å²) >= 11 is 5.47. The van der Waals surface area contributed by atoms with Gasteiger partial charge in [0.25, 0.3) is 5.95 Å². The lowest BCUT2D eigenvalue weighted by Gasteiger charge is -2.27. The molecular formula is C15H21NO4S. The predicted octanol–water partition coefficient (Wildman–Crippen LogP) is 3.02. The first-order valence-corrected chi connectivity index (χ1v) is 7.81. The van der Waals surface area contributed by atoms with Crippen LogP contribution in [0.15, 0.2) is 10.5 Å². The van der Waals surface area contributed by atoms with Crippen LogP contribution in [0, 0.1) is 0 Å². The molecule has 0 atom stereocenters. The van der Waals surface area contributed by atoms with Crippen LogP contribution in [0.5, 0.6) is 5.95 Å². The van der Waals surface area contributed by atoms with Crippen molar-refractivity contribution in [2.24, 2.45) is 0 Å². The molecule has 5 nitrogen and oxygen atoms in total. The maximum atomic E-state index is 11.9. The normalized spacial score (nSPS) is 14.9. The van der Waals surface area contributed by atoms with Crippen LogP contribution in [0.1, 0.15) is 49.2 Å². The quantitative estimate of drug-likeness (QED) is 0.615. The highest BCUT2D eigenvalue weighted by Crippen LogP contribution is 2.27. The van der Waals surface area contributed by atoms with E-state index in [1.165, 1.54) is 6.42 Å². The molecule has 116 valence electrons. The van der Waals surface area contributed by atoms with E-state index in [-0.39, 0.29) is 5.95 Å². The highest BCUT2D eigenvalue weighted by atomic mass is 32.1. The molecule has 0 amide bonds. The van der Waals surface area contributed by atoms with Gasteiger partial charge in [-0.3, -0.25) is 0 Å². The fourth-order valence-corrected chi connectivity index (χ4v) is 2.61. The Bertz CT molecular complexity index is 506. The first kappa shape index (κ1) is 15.8. The third kappa shape index (κ3) is 3.75. The predicted molar refractivity (Wildman–Crippen MR) is 83.0 cm³/mol. The van der Waals surface area contributed by atoms with Crippen molar-refractivity contribution in [1.29, 1.82) is 0 Å². The maximum absolute atomic E-state index is 11.9.